The Bertz CT molecular complexity index is 1160. The number of alkyl halides is 3. The highest BCUT2D eigenvalue weighted by Crippen LogP contribution is 2.41. The van der Waals surface area contributed by atoms with Crippen LogP contribution in [0.25, 0.3) is 0 Å². The summed E-state index contributed by atoms with van der Waals surface area (Å²) < 4.78 is 42.1. The molecule has 1 fully saturated rings. The molecule has 1 aromatic heterocycles. The molecule has 2 heterocycles. The standard InChI is InChI=1S/C23H20ClF3N4O/c24-18-16(10-5-11-17(18)23(25,26)27)22(32)30-12-13-31-20(15-8-4-9-15)28-29-21(31)19(30)14-6-2-1-3-7-14/h1-3,5-7,10-11,15,19H,4,8-9,12-13H2. The molecule has 0 saturated heterocycles. The number of fused-ring (bicyclic) bond motifs is 1. The molecule has 166 valence electrons. The SMILES string of the molecule is O=C(c1cccc(C(F)(F)F)c1Cl)N1CCn2c(C3CCC3)nnc2C1c1ccccc1. The van der Waals surface area contributed by atoms with E-state index in [0.717, 1.165) is 36.7 Å². The van der Waals surface area contributed by atoms with Crippen LogP contribution in [0.1, 0.15) is 64.4 Å². The number of rotatable bonds is 3. The molecule has 0 N–H and O–H groups in total. The van der Waals surface area contributed by atoms with Crippen molar-refractivity contribution in [3.8, 4) is 0 Å². The summed E-state index contributed by atoms with van der Waals surface area (Å²) in [6, 6.07) is 12.2. The summed E-state index contributed by atoms with van der Waals surface area (Å²) in [4.78, 5) is 15.1. The minimum atomic E-state index is -4.65. The second-order valence-electron chi connectivity index (χ2n) is 8.17. The lowest BCUT2D eigenvalue weighted by Gasteiger charge is -2.37. The van der Waals surface area contributed by atoms with Crippen molar-refractivity contribution < 1.29 is 18.0 Å². The molecule has 1 aliphatic heterocycles. The van der Waals surface area contributed by atoms with Gasteiger partial charge in [0.1, 0.15) is 11.9 Å². The number of carbonyl (C=O) groups is 1. The molecular formula is C23H20ClF3N4O. The number of hydrogen-bond donors (Lipinski definition) is 0. The lowest BCUT2D eigenvalue weighted by molar-refractivity contribution is -0.137. The topological polar surface area (TPSA) is 51.0 Å². The highest BCUT2D eigenvalue weighted by Gasteiger charge is 2.40. The van der Waals surface area contributed by atoms with Crippen molar-refractivity contribution in [1.82, 2.24) is 19.7 Å². The highest BCUT2D eigenvalue weighted by molar-refractivity contribution is 6.34. The van der Waals surface area contributed by atoms with Crippen LogP contribution in [0, 0.1) is 0 Å². The molecule has 1 amide bonds. The van der Waals surface area contributed by atoms with Crippen molar-refractivity contribution in [2.75, 3.05) is 6.54 Å². The molecule has 32 heavy (non-hydrogen) atoms. The molecule has 3 aromatic rings. The molecule has 0 spiro atoms. The largest absolute Gasteiger partial charge is 0.417 e. The average molecular weight is 461 g/mol. The maximum absolute atomic E-state index is 13.5. The van der Waals surface area contributed by atoms with E-state index in [2.05, 4.69) is 14.8 Å². The fraction of sp³-hybridized carbons (Fsp3) is 0.348. The number of aromatic nitrogens is 3. The molecular weight excluding hydrogens is 441 g/mol. The van der Waals surface area contributed by atoms with Crippen LogP contribution < -0.4 is 0 Å². The Hall–Kier alpha value is -2.87. The monoisotopic (exact) mass is 460 g/mol. The molecule has 0 radical (unpaired) electrons. The number of carbonyl (C=O) groups excluding carboxylic acids is 1. The van der Waals surface area contributed by atoms with Gasteiger partial charge in [0.05, 0.1) is 16.1 Å². The predicted octanol–water partition coefficient (Wildman–Crippen LogP) is 5.46. The van der Waals surface area contributed by atoms with E-state index in [4.69, 9.17) is 11.6 Å². The fourth-order valence-corrected chi connectivity index (χ4v) is 4.77. The van der Waals surface area contributed by atoms with E-state index in [0.29, 0.717) is 24.8 Å². The first-order valence-electron chi connectivity index (χ1n) is 10.5. The summed E-state index contributed by atoms with van der Waals surface area (Å²) in [6.45, 7) is 0.801. The number of halogens is 4. The number of benzene rings is 2. The zero-order chi connectivity index (χ0) is 22.5. The van der Waals surface area contributed by atoms with Gasteiger partial charge in [-0.25, -0.2) is 0 Å². The highest BCUT2D eigenvalue weighted by atomic mass is 35.5. The Kier molecular flexibility index (Phi) is 5.20. The van der Waals surface area contributed by atoms with Gasteiger partial charge in [-0.05, 0) is 30.5 Å². The Morgan fingerprint density at radius 1 is 0.969 bits per heavy atom. The van der Waals surface area contributed by atoms with Crippen LogP contribution in [0.3, 0.4) is 0 Å². The van der Waals surface area contributed by atoms with E-state index in [-0.39, 0.29) is 5.56 Å². The van der Waals surface area contributed by atoms with Crippen LogP contribution in [0.15, 0.2) is 48.5 Å². The fourth-order valence-electron chi connectivity index (χ4n) is 4.46. The summed E-state index contributed by atoms with van der Waals surface area (Å²) in [5, 5.41) is 8.27. The zero-order valence-electron chi connectivity index (χ0n) is 17.0. The average Bonchev–Trinajstić information content (AvgIpc) is 3.15. The van der Waals surface area contributed by atoms with E-state index >= 15 is 0 Å². The van der Waals surface area contributed by atoms with Gasteiger partial charge in [-0.1, -0.05) is 54.4 Å². The van der Waals surface area contributed by atoms with Gasteiger partial charge < -0.3 is 9.47 Å². The number of nitrogens with zero attached hydrogens (tertiary/aromatic N) is 4. The van der Waals surface area contributed by atoms with Gasteiger partial charge in [0.2, 0.25) is 0 Å². The first kappa shape index (κ1) is 21.0. The lowest BCUT2D eigenvalue weighted by atomic mass is 9.84. The first-order valence-corrected chi connectivity index (χ1v) is 10.9. The van der Waals surface area contributed by atoms with Crippen molar-refractivity contribution in [2.24, 2.45) is 0 Å². The maximum atomic E-state index is 13.5. The lowest BCUT2D eigenvalue weighted by Crippen LogP contribution is -2.43. The van der Waals surface area contributed by atoms with Gasteiger partial charge >= 0.3 is 6.18 Å². The Morgan fingerprint density at radius 3 is 2.34 bits per heavy atom. The molecule has 0 bridgehead atoms. The van der Waals surface area contributed by atoms with E-state index in [9.17, 15) is 18.0 Å². The van der Waals surface area contributed by atoms with Gasteiger partial charge in [-0.15, -0.1) is 10.2 Å². The smallest absolute Gasteiger partial charge is 0.322 e. The quantitative estimate of drug-likeness (QED) is 0.521. The molecule has 1 atom stereocenters. The number of hydrogen-bond acceptors (Lipinski definition) is 3. The van der Waals surface area contributed by atoms with Gasteiger partial charge in [-0.3, -0.25) is 4.79 Å². The summed E-state index contributed by atoms with van der Waals surface area (Å²) >= 11 is 6.07. The van der Waals surface area contributed by atoms with Crippen LogP contribution in [0.4, 0.5) is 13.2 Å². The third-order valence-electron chi connectivity index (χ3n) is 6.31. The van der Waals surface area contributed by atoms with E-state index in [1.54, 1.807) is 4.90 Å². The van der Waals surface area contributed by atoms with Crippen LogP contribution in [-0.2, 0) is 12.7 Å². The second kappa shape index (κ2) is 7.92. The predicted molar refractivity (Wildman–Crippen MR) is 112 cm³/mol. The van der Waals surface area contributed by atoms with Crippen LogP contribution in [-0.4, -0.2) is 32.1 Å². The summed E-state index contributed by atoms with van der Waals surface area (Å²) in [5.41, 5.74) is -0.374. The normalized spacial score (nSPS) is 18.9. The summed E-state index contributed by atoms with van der Waals surface area (Å²) in [6.07, 6.45) is -1.35. The summed E-state index contributed by atoms with van der Waals surface area (Å²) in [7, 11) is 0. The zero-order valence-corrected chi connectivity index (χ0v) is 17.8. The minimum absolute atomic E-state index is 0.172. The third kappa shape index (κ3) is 3.46. The van der Waals surface area contributed by atoms with E-state index in [1.165, 1.54) is 12.1 Å². The molecule has 1 aliphatic carbocycles. The molecule has 1 saturated carbocycles. The van der Waals surface area contributed by atoms with Crippen molar-refractivity contribution >= 4 is 17.5 Å². The van der Waals surface area contributed by atoms with Crippen LogP contribution in [0.5, 0.6) is 0 Å². The first-order chi connectivity index (χ1) is 15.4. The van der Waals surface area contributed by atoms with Crippen molar-refractivity contribution in [1.29, 1.82) is 0 Å². The Balaban J connectivity index is 1.58. The second-order valence-corrected chi connectivity index (χ2v) is 8.55. The van der Waals surface area contributed by atoms with E-state index < -0.39 is 28.7 Å². The van der Waals surface area contributed by atoms with Crippen molar-refractivity contribution in [3.05, 3.63) is 81.9 Å². The molecule has 5 rings (SSSR count). The Labute approximate surface area is 187 Å². The number of amides is 1. The van der Waals surface area contributed by atoms with Gasteiger partial charge in [0.25, 0.3) is 5.91 Å². The molecule has 2 aliphatic rings. The molecule has 5 nitrogen and oxygen atoms in total. The molecule has 9 heteroatoms. The van der Waals surface area contributed by atoms with Crippen LogP contribution in [0.2, 0.25) is 5.02 Å². The molecule has 2 aromatic carbocycles. The van der Waals surface area contributed by atoms with Gasteiger partial charge in [0.15, 0.2) is 5.82 Å². The van der Waals surface area contributed by atoms with Crippen molar-refractivity contribution in [2.45, 2.75) is 43.9 Å². The van der Waals surface area contributed by atoms with Crippen molar-refractivity contribution in [3.63, 3.8) is 0 Å². The molecule has 1 unspecified atom stereocenters. The minimum Gasteiger partial charge on any atom is -0.322 e. The van der Waals surface area contributed by atoms with Gasteiger partial charge in [-0.2, -0.15) is 13.2 Å². The van der Waals surface area contributed by atoms with Crippen LogP contribution >= 0.6 is 11.6 Å². The van der Waals surface area contributed by atoms with Gasteiger partial charge in [0, 0.05) is 19.0 Å². The van der Waals surface area contributed by atoms with E-state index in [1.807, 2.05) is 30.3 Å². The summed E-state index contributed by atoms with van der Waals surface area (Å²) in [5.74, 6) is 1.36. The Morgan fingerprint density at radius 2 is 1.69 bits per heavy atom. The third-order valence-corrected chi connectivity index (χ3v) is 6.72. The maximum Gasteiger partial charge on any atom is 0.417 e.